The van der Waals surface area contributed by atoms with Crippen LogP contribution in [0.1, 0.15) is 12.5 Å². The number of pyridine rings is 1. The van der Waals surface area contributed by atoms with Gasteiger partial charge in [-0.2, -0.15) is 0 Å². The van der Waals surface area contributed by atoms with Crippen LogP contribution in [0, 0.1) is 0 Å². The molecule has 1 aromatic rings. The first-order valence-electron chi connectivity index (χ1n) is 4.96. The lowest BCUT2D eigenvalue weighted by molar-refractivity contribution is -0.146. The number of carboxylic acids is 1. The maximum atomic E-state index is 11.3. The molecule has 1 aromatic heterocycles. The Morgan fingerprint density at radius 3 is 2.53 bits per heavy atom. The van der Waals surface area contributed by atoms with Crippen molar-refractivity contribution in [2.24, 2.45) is 0 Å². The van der Waals surface area contributed by atoms with E-state index in [1.807, 2.05) is 0 Å². The minimum absolute atomic E-state index is 0.179. The molecule has 0 aliphatic carbocycles. The Morgan fingerprint density at radius 1 is 1.47 bits per heavy atom. The van der Waals surface area contributed by atoms with Gasteiger partial charge in [0.15, 0.2) is 0 Å². The molecule has 0 saturated heterocycles. The fraction of sp³-hybridized carbons (Fsp3) is 0.364. The fourth-order valence-corrected chi connectivity index (χ4v) is 1.31. The number of carboxylic acid groups (broad SMARTS) is 1. The van der Waals surface area contributed by atoms with Gasteiger partial charge in [0.05, 0.1) is 13.7 Å². The van der Waals surface area contributed by atoms with Gasteiger partial charge in [-0.05, 0) is 24.6 Å². The molecular weight excluding hydrogens is 224 g/mol. The standard InChI is InChI=1S/C11H14N2O4/c1-11(10(15)16,13-7-9(14)17-2)8-3-5-12-6-4-8/h3-6,13H,7H2,1-2H3,(H,15,16). The van der Waals surface area contributed by atoms with Crippen LogP contribution >= 0.6 is 0 Å². The molecule has 0 radical (unpaired) electrons. The first kappa shape index (κ1) is 13.1. The molecule has 6 nitrogen and oxygen atoms in total. The number of esters is 1. The van der Waals surface area contributed by atoms with Crippen molar-refractivity contribution in [3.63, 3.8) is 0 Å². The van der Waals surface area contributed by atoms with E-state index in [-0.39, 0.29) is 6.54 Å². The van der Waals surface area contributed by atoms with Crippen molar-refractivity contribution in [3.8, 4) is 0 Å². The number of nitrogens with zero attached hydrogens (tertiary/aromatic N) is 1. The summed E-state index contributed by atoms with van der Waals surface area (Å²) >= 11 is 0. The third-order valence-electron chi connectivity index (χ3n) is 2.50. The molecule has 0 aliphatic rings. The molecule has 17 heavy (non-hydrogen) atoms. The van der Waals surface area contributed by atoms with Crippen molar-refractivity contribution < 1.29 is 19.4 Å². The van der Waals surface area contributed by atoms with Gasteiger partial charge in [0.2, 0.25) is 0 Å². The summed E-state index contributed by atoms with van der Waals surface area (Å²) in [6.07, 6.45) is 2.99. The van der Waals surface area contributed by atoms with Crippen LogP contribution < -0.4 is 5.32 Å². The van der Waals surface area contributed by atoms with Gasteiger partial charge < -0.3 is 9.84 Å². The van der Waals surface area contributed by atoms with E-state index in [0.717, 1.165) is 0 Å². The summed E-state index contributed by atoms with van der Waals surface area (Å²) in [5.41, 5.74) is -0.833. The second kappa shape index (κ2) is 5.40. The van der Waals surface area contributed by atoms with Crippen LogP contribution in [0.25, 0.3) is 0 Å². The molecule has 0 aromatic carbocycles. The summed E-state index contributed by atoms with van der Waals surface area (Å²) in [4.78, 5) is 26.1. The van der Waals surface area contributed by atoms with Crippen molar-refractivity contribution in [3.05, 3.63) is 30.1 Å². The zero-order valence-electron chi connectivity index (χ0n) is 9.64. The molecule has 0 spiro atoms. The lowest BCUT2D eigenvalue weighted by Gasteiger charge is -2.26. The second-order valence-corrected chi connectivity index (χ2v) is 3.60. The number of rotatable bonds is 5. The molecule has 1 rings (SSSR count). The first-order valence-corrected chi connectivity index (χ1v) is 4.96. The van der Waals surface area contributed by atoms with Gasteiger partial charge >= 0.3 is 11.9 Å². The molecular formula is C11H14N2O4. The van der Waals surface area contributed by atoms with Gasteiger partial charge in [0.1, 0.15) is 5.54 Å². The van der Waals surface area contributed by atoms with E-state index >= 15 is 0 Å². The molecule has 0 saturated carbocycles. The Bertz CT molecular complexity index is 407. The number of hydrogen-bond donors (Lipinski definition) is 2. The number of hydrogen-bond acceptors (Lipinski definition) is 5. The smallest absolute Gasteiger partial charge is 0.328 e. The predicted octanol–water partition coefficient (Wildman–Crippen LogP) is 0.144. The number of aromatic nitrogens is 1. The summed E-state index contributed by atoms with van der Waals surface area (Å²) in [6, 6.07) is 3.16. The molecule has 1 atom stereocenters. The topological polar surface area (TPSA) is 88.5 Å². The third kappa shape index (κ3) is 3.01. The maximum Gasteiger partial charge on any atom is 0.328 e. The van der Waals surface area contributed by atoms with Crippen molar-refractivity contribution in [1.29, 1.82) is 0 Å². The average Bonchev–Trinajstić information content (AvgIpc) is 2.36. The van der Waals surface area contributed by atoms with Gasteiger partial charge in [-0.25, -0.2) is 4.79 Å². The highest BCUT2D eigenvalue weighted by atomic mass is 16.5. The van der Waals surface area contributed by atoms with E-state index in [9.17, 15) is 14.7 Å². The highest BCUT2D eigenvalue weighted by molar-refractivity contribution is 5.81. The largest absolute Gasteiger partial charge is 0.480 e. The number of nitrogens with one attached hydrogen (secondary N) is 1. The number of carbonyl (C=O) groups excluding carboxylic acids is 1. The van der Waals surface area contributed by atoms with Gasteiger partial charge in [0.25, 0.3) is 0 Å². The van der Waals surface area contributed by atoms with Crippen molar-refractivity contribution in [2.45, 2.75) is 12.5 Å². The second-order valence-electron chi connectivity index (χ2n) is 3.60. The van der Waals surface area contributed by atoms with Crippen LogP contribution in [-0.2, 0) is 19.9 Å². The minimum Gasteiger partial charge on any atom is -0.480 e. The third-order valence-corrected chi connectivity index (χ3v) is 2.50. The number of aliphatic carboxylic acids is 1. The van der Waals surface area contributed by atoms with Crippen LogP contribution in [0.15, 0.2) is 24.5 Å². The van der Waals surface area contributed by atoms with Crippen molar-refractivity contribution in [2.75, 3.05) is 13.7 Å². The molecule has 0 amide bonds. The van der Waals surface area contributed by atoms with Gasteiger partial charge in [-0.3, -0.25) is 15.1 Å². The van der Waals surface area contributed by atoms with E-state index in [1.165, 1.54) is 26.4 Å². The number of carbonyl (C=O) groups is 2. The predicted molar refractivity (Wildman–Crippen MR) is 59.2 cm³/mol. The monoisotopic (exact) mass is 238 g/mol. The minimum atomic E-state index is -1.35. The highest BCUT2D eigenvalue weighted by Crippen LogP contribution is 2.19. The molecule has 1 heterocycles. The quantitative estimate of drug-likeness (QED) is 0.709. The zero-order chi connectivity index (χ0) is 12.9. The molecule has 2 N–H and O–H groups in total. The molecule has 0 fully saturated rings. The summed E-state index contributed by atoms with van der Waals surface area (Å²) in [6.45, 7) is 1.30. The summed E-state index contributed by atoms with van der Waals surface area (Å²) in [7, 11) is 1.24. The number of ether oxygens (including phenoxy) is 1. The Hall–Kier alpha value is -1.95. The maximum absolute atomic E-state index is 11.3. The van der Waals surface area contributed by atoms with Crippen LogP contribution in [-0.4, -0.2) is 35.7 Å². The van der Waals surface area contributed by atoms with Gasteiger partial charge in [-0.15, -0.1) is 0 Å². The molecule has 1 unspecified atom stereocenters. The Morgan fingerprint density at radius 2 is 2.06 bits per heavy atom. The summed E-state index contributed by atoms with van der Waals surface area (Å²) in [5.74, 6) is -1.60. The van der Waals surface area contributed by atoms with E-state index in [0.29, 0.717) is 5.56 Å². The number of methoxy groups -OCH3 is 1. The highest BCUT2D eigenvalue weighted by Gasteiger charge is 2.35. The normalized spacial score (nSPS) is 13.8. The first-order chi connectivity index (χ1) is 8.00. The zero-order valence-corrected chi connectivity index (χ0v) is 9.64. The van der Waals surface area contributed by atoms with Crippen LogP contribution in [0.5, 0.6) is 0 Å². The van der Waals surface area contributed by atoms with E-state index in [4.69, 9.17) is 0 Å². The van der Waals surface area contributed by atoms with Crippen LogP contribution in [0.3, 0.4) is 0 Å². The van der Waals surface area contributed by atoms with Crippen LogP contribution in [0.4, 0.5) is 0 Å². The van der Waals surface area contributed by atoms with Gasteiger partial charge in [-0.1, -0.05) is 0 Å². The summed E-state index contributed by atoms with van der Waals surface area (Å²) < 4.78 is 4.45. The molecule has 0 bridgehead atoms. The van der Waals surface area contributed by atoms with Crippen molar-refractivity contribution in [1.82, 2.24) is 10.3 Å². The van der Waals surface area contributed by atoms with E-state index < -0.39 is 17.5 Å². The molecule has 0 aliphatic heterocycles. The van der Waals surface area contributed by atoms with Crippen molar-refractivity contribution >= 4 is 11.9 Å². The van der Waals surface area contributed by atoms with Gasteiger partial charge in [0, 0.05) is 12.4 Å². The Kier molecular flexibility index (Phi) is 4.17. The SMILES string of the molecule is COC(=O)CNC(C)(C(=O)O)c1ccncc1. The Balaban J connectivity index is 2.91. The Labute approximate surface area is 98.6 Å². The summed E-state index contributed by atoms with van der Waals surface area (Å²) in [5, 5.41) is 11.9. The lowest BCUT2D eigenvalue weighted by atomic mass is 9.93. The molecule has 92 valence electrons. The fourth-order valence-electron chi connectivity index (χ4n) is 1.31. The molecule has 6 heteroatoms. The van der Waals surface area contributed by atoms with E-state index in [2.05, 4.69) is 15.0 Å². The van der Waals surface area contributed by atoms with E-state index in [1.54, 1.807) is 12.1 Å². The lowest BCUT2D eigenvalue weighted by Crippen LogP contribution is -2.48. The van der Waals surface area contributed by atoms with Crippen LogP contribution in [0.2, 0.25) is 0 Å². The average molecular weight is 238 g/mol.